The van der Waals surface area contributed by atoms with Gasteiger partial charge in [-0.15, -0.1) is 0 Å². The molecule has 1 aromatic carbocycles. The minimum absolute atomic E-state index is 0.0353. The van der Waals surface area contributed by atoms with Gasteiger partial charge in [-0.05, 0) is 31.2 Å². The summed E-state index contributed by atoms with van der Waals surface area (Å²) in [5.74, 6) is 0.810. The summed E-state index contributed by atoms with van der Waals surface area (Å²) in [6.45, 7) is 2.81. The number of ether oxygens (including phenoxy) is 1. The van der Waals surface area contributed by atoms with Gasteiger partial charge in [0, 0.05) is 10.9 Å². The molecule has 1 aromatic heterocycles. The molecule has 4 nitrogen and oxygen atoms in total. The van der Waals surface area contributed by atoms with Crippen LogP contribution in [0.3, 0.4) is 0 Å². The van der Waals surface area contributed by atoms with E-state index in [1.807, 2.05) is 18.5 Å². The summed E-state index contributed by atoms with van der Waals surface area (Å²) in [7, 11) is 0. The molecule has 0 aliphatic heterocycles. The van der Waals surface area contributed by atoms with E-state index in [9.17, 15) is 4.79 Å². The Balaban J connectivity index is 2.07. The van der Waals surface area contributed by atoms with Crippen molar-refractivity contribution in [1.82, 2.24) is 0 Å². The lowest BCUT2D eigenvalue weighted by molar-refractivity contribution is -0.664. The normalized spacial score (nSPS) is 10.3. The van der Waals surface area contributed by atoms with Crippen molar-refractivity contribution in [2.24, 2.45) is 0 Å². The second-order valence-corrected chi connectivity index (χ2v) is 4.68. The van der Waals surface area contributed by atoms with Crippen molar-refractivity contribution in [3.63, 3.8) is 0 Å². The molecule has 1 heterocycles. The molecule has 0 saturated heterocycles. The Morgan fingerprint density at radius 2 is 2.11 bits per heavy atom. The molecule has 94 valence electrons. The van der Waals surface area contributed by atoms with Crippen LogP contribution in [0, 0.1) is 0 Å². The topological polar surface area (TPSA) is 56.2 Å². The van der Waals surface area contributed by atoms with Crippen LogP contribution >= 0.6 is 11.3 Å². The summed E-state index contributed by atoms with van der Waals surface area (Å²) >= 11 is 1.42. The van der Waals surface area contributed by atoms with E-state index in [1.54, 1.807) is 28.8 Å². The lowest BCUT2D eigenvalue weighted by Crippen LogP contribution is -2.38. The average molecular weight is 263 g/mol. The van der Waals surface area contributed by atoms with Gasteiger partial charge in [-0.25, -0.2) is 4.57 Å². The maximum absolute atomic E-state index is 12.0. The summed E-state index contributed by atoms with van der Waals surface area (Å²) in [6.07, 6.45) is 1.81. The van der Waals surface area contributed by atoms with Gasteiger partial charge >= 0.3 is 5.13 Å². The molecule has 0 unspecified atom stereocenters. The maximum atomic E-state index is 12.0. The van der Waals surface area contributed by atoms with Crippen LogP contribution in [0.5, 0.6) is 5.75 Å². The molecule has 0 bridgehead atoms. The highest BCUT2D eigenvalue weighted by Crippen LogP contribution is 2.13. The van der Waals surface area contributed by atoms with Crippen LogP contribution in [0.2, 0.25) is 0 Å². The number of thiazole rings is 1. The molecule has 0 amide bonds. The Morgan fingerprint density at radius 1 is 1.39 bits per heavy atom. The molecule has 0 aliphatic rings. The molecule has 0 fully saturated rings. The largest absolute Gasteiger partial charge is 0.494 e. The van der Waals surface area contributed by atoms with Crippen molar-refractivity contribution in [1.29, 1.82) is 0 Å². The van der Waals surface area contributed by atoms with Crippen molar-refractivity contribution in [2.45, 2.75) is 13.5 Å². The predicted molar refractivity (Wildman–Crippen MR) is 70.9 cm³/mol. The molecule has 5 heteroatoms. The molecule has 0 atom stereocenters. The molecule has 18 heavy (non-hydrogen) atoms. The second-order valence-electron chi connectivity index (χ2n) is 3.75. The van der Waals surface area contributed by atoms with Crippen LogP contribution in [-0.2, 0) is 6.54 Å². The predicted octanol–water partition coefficient (Wildman–Crippen LogP) is 1.90. The van der Waals surface area contributed by atoms with E-state index < -0.39 is 0 Å². The van der Waals surface area contributed by atoms with Crippen molar-refractivity contribution in [3.8, 4) is 5.75 Å². The van der Waals surface area contributed by atoms with Gasteiger partial charge in [0.05, 0.1) is 6.61 Å². The Morgan fingerprint density at radius 3 is 2.67 bits per heavy atom. The lowest BCUT2D eigenvalue weighted by Gasteiger charge is -2.03. The SMILES string of the molecule is CCOc1ccc(C(=O)C[n+]2ccsc2N)cc1. The minimum atomic E-state index is 0.0353. The van der Waals surface area contributed by atoms with Crippen LogP contribution in [0.1, 0.15) is 17.3 Å². The Labute approximate surface area is 110 Å². The number of hydrogen-bond acceptors (Lipinski definition) is 4. The third kappa shape index (κ3) is 2.87. The third-order valence-electron chi connectivity index (χ3n) is 2.51. The highest BCUT2D eigenvalue weighted by atomic mass is 32.1. The van der Waals surface area contributed by atoms with Crippen LogP contribution in [0.25, 0.3) is 0 Å². The zero-order valence-electron chi connectivity index (χ0n) is 10.1. The number of hydrogen-bond donors (Lipinski definition) is 1. The van der Waals surface area contributed by atoms with E-state index in [2.05, 4.69) is 0 Å². The number of aromatic nitrogens is 1. The van der Waals surface area contributed by atoms with Gasteiger partial charge in [-0.1, -0.05) is 11.3 Å². The molecular weight excluding hydrogens is 248 g/mol. The van der Waals surface area contributed by atoms with E-state index in [4.69, 9.17) is 10.5 Å². The molecule has 2 N–H and O–H groups in total. The maximum Gasteiger partial charge on any atom is 0.332 e. The molecule has 0 spiro atoms. The Bertz CT molecular complexity index is 534. The third-order valence-corrected chi connectivity index (χ3v) is 3.25. The summed E-state index contributed by atoms with van der Waals surface area (Å²) in [5, 5.41) is 2.50. The Kier molecular flexibility index (Phi) is 3.94. The first kappa shape index (κ1) is 12.6. The fraction of sp³-hybridized carbons (Fsp3) is 0.231. The molecule has 2 aromatic rings. The number of benzene rings is 1. The first-order chi connectivity index (χ1) is 8.70. The van der Waals surface area contributed by atoms with Gasteiger partial charge in [-0.3, -0.25) is 10.5 Å². The van der Waals surface area contributed by atoms with E-state index >= 15 is 0 Å². The smallest absolute Gasteiger partial charge is 0.332 e. The molecule has 2 rings (SSSR count). The van der Waals surface area contributed by atoms with Crippen LogP contribution in [0.15, 0.2) is 35.8 Å². The molecule has 0 radical (unpaired) electrons. The van der Waals surface area contributed by atoms with Crippen LogP contribution < -0.4 is 15.0 Å². The second kappa shape index (κ2) is 5.64. The van der Waals surface area contributed by atoms with Gasteiger partial charge in [0.2, 0.25) is 5.78 Å². The highest BCUT2D eigenvalue weighted by molar-refractivity contribution is 7.12. The van der Waals surface area contributed by atoms with Crippen molar-refractivity contribution in [3.05, 3.63) is 41.4 Å². The number of rotatable bonds is 5. The quantitative estimate of drug-likeness (QED) is 0.662. The van der Waals surface area contributed by atoms with Crippen LogP contribution in [-0.4, -0.2) is 12.4 Å². The summed E-state index contributed by atoms with van der Waals surface area (Å²) < 4.78 is 7.07. The van der Waals surface area contributed by atoms with Gasteiger partial charge in [0.25, 0.3) is 0 Å². The molecular formula is C13H15N2O2S+. The van der Waals surface area contributed by atoms with Gasteiger partial charge in [0.15, 0.2) is 6.54 Å². The van der Waals surface area contributed by atoms with Gasteiger partial charge in [0.1, 0.15) is 11.9 Å². The number of anilines is 1. The number of Topliss-reactive ketones (excluding diaryl/α,β-unsaturated/α-hetero) is 1. The van der Waals surface area contributed by atoms with E-state index in [0.29, 0.717) is 17.3 Å². The van der Waals surface area contributed by atoms with Gasteiger partial charge < -0.3 is 4.74 Å². The summed E-state index contributed by atoms with van der Waals surface area (Å²) in [6, 6.07) is 7.16. The summed E-state index contributed by atoms with van der Waals surface area (Å²) in [5.41, 5.74) is 6.40. The minimum Gasteiger partial charge on any atom is -0.494 e. The van der Waals surface area contributed by atoms with Crippen molar-refractivity contribution < 1.29 is 14.1 Å². The first-order valence-electron chi connectivity index (χ1n) is 5.69. The summed E-state index contributed by atoms with van der Waals surface area (Å²) in [4.78, 5) is 12.0. The molecule has 0 aliphatic carbocycles. The number of ketones is 1. The van der Waals surface area contributed by atoms with E-state index in [1.165, 1.54) is 11.3 Å². The van der Waals surface area contributed by atoms with Crippen molar-refractivity contribution >= 4 is 22.3 Å². The zero-order chi connectivity index (χ0) is 13.0. The number of nitrogen functional groups attached to an aromatic ring is 1. The zero-order valence-corrected chi connectivity index (χ0v) is 10.9. The number of nitrogens with two attached hydrogens (primary N) is 1. The fourth-order valence-corrected chi connectivity index (χ4v) is 2.20. The van der Waals surface area contributed by atoms with Gasteiger partial charge in [-0.2, -0.15) is 0 Å². The van der Waals surface area contributed by atoms with Crippen molar-refractivity contribution in [2.75, 3.05) is 12.3 Å². The molecule has 0 saturated carbocycles. The average Bonchev–Trinajstić information content (AvgIpc) is 2.76. The van der Waals surface area contributed by atoms with Crippen LogP contribution in [0.4, 0.5) is 5.13 Å². The fourth-order valence-electron chi connectivity index (χ4n) is 1.60. The first-order valence-corrected chi connectivity index (χ1v) is 6.57. The standard InChI is InChI=1S/C13H14N2O2S/c1-2-17-11-5-3-10(4-6-11)12(16)9-15-7-8-18-13(15)14/h3-8,14H,2,9H2,1H3/p+1. The highest BCUT2D eigenvalue weighted by Gasteiger charge is 2.13. The Hall–Kier alpha value is -1.88. The number of nitrogens with zero attached hydrogens (tertiary/aromatic N) is 1. The van der Waals surface area contributed by atoms with E-state index in [0.717, 1.165) is 5.75 Å². The number of carbonyl (C=O) groups excluding carboxylic acids is 1. The monoisotopic (exact) mass is 263 g/mol. The lowest BCUT2D eigenvalue weighted by atomic mass is 10.1. The number of carbonyl (C=O) groups is 1. The van der Waals surface area contributed by atoms with E-state index in [-0.39, 0.29) is 12.3 Å².